The quantitative estimate of drug-likeness (QED) is 0.803. The zero-order valence-corrected chi connectivity index (χ0v) is 10.2. The Hall–Kier alpha value is -0.670. The molecule has 0 amide bonds. The van der Waals surface area contributed by atoms with Crippen molar-refractivity contribution in [2.24, 2.45) is 0 Å². The van der Waals surface area contributed by atoms with Crippen molar-refractivity contribution < 1.29 is 8.78 Å². The second kappa shape index (κ2) is 4.30. The molecule has 1 nitrogen and oxygen atoms in total. The predicted molar refractivity (Wildman–Crippen MR) is 63.3 cm³/mol. The second-order valence-corrected chi connectivity index (χ2v) is 4.53. The third kappa shape index (κ3) is 2.36. The number of rotatable bonds is 1. The molecule has 0 saturated carbocycles. The van der Waals surface area contributed by atoms with E-state index in [0.29, 0.717) is 0 Å². The van der Waals surface area contributed by atoms with E-state index in [-0.39, 0.29) is 25.4 Å². The molecule has 1 fully saturated rings. The summed E-state index contributed by atoms with van der Waals surface area (Å²) in [5, 5.41) is 2.93. The van der Waals surface area contributed by atoms with Crippen molar-refractivity contribution in [3.8, 4) is 0 Å². The molecule has 1 heterocycles. The number of halogens is 3. The summed E-state index contributed by atoms with van der Waals surface area (Å²) in [7, 11) is 0. The number of alkyl halides is 2. The maximum atomic E-state index is 13.2. The normalized spacial score (nSPS) is 27.5. The summed E-state index contributed by atoms with van der Waals surface area (Å²) in [5.74, 6) is -2.59. The number of benzene rings is 1. The minimum atomic E-state index is -2.59. The van der Waals surface area contributed by atoms with E-state index in [9.17, 15) is 8.78 Å². The van der Waals surface area contributed by atoms with Crippen LogP contribution in [0.4, 0.5) is 8.78 Å². The SMILES string of the molecule is Cc1ccccc1C1(C)CC(F)(F)CN1.Cl. The lowest BCUT2D eigenvalue weighted by Gasteiger charge is -2.26. The summed E-state index contributed by atoms with van der Waals surface area (Å²) >= 11 is 0. The summed E-state index contributed by atoms with van der Waals surface area (Å²) in [6.07, 6.45) is -0.120. The molecule has 0 radical (unpaired) electrons. The summed E-state index contributed by atoms with van der Waals surface area (Å²) in [6, 6.07) is 7.70. The van der Waals surface area contributed by atoms with Gasteiger partial charge < -0.3 is 5.32 Å². The Morgan fingerprint density at radius 1 is 1.25 bits per heavy atom. The highest BCUT2D eigenvalue weighted by Crippen LogP contribution is 2.39. The maximum Gasteiger partial charge on any atom is 0.262 e. The molecule has 1 aliphatic heterocycles. The Labute approximate surface area is 101 Å². The Kier molecular flexibility index (Phi) is 3.60. The zero-order valence-electron chi connectivity index (χ0n) is 9.39. The average Bonchev–Trinajstić information content (AvgIpc) is 2.42. The zero-order chi connectivity index (χ0) is 11.1. The van der Waals surface area contributed by atoms with Crippen LogP contribution in [0.1, 0.15) is 24.5 Å². The lowest BCUT2D eigenvalue weighted by Crippen LogP contribution is -2.33. The molecular weight excluding hydrogens is 232 g/mol. The second-order valence-electron chi connectivity index (χ2n) is 4.53. The van der Waals surface area contributed by atoms with Gasteiger partial charge in [0.1, 0.15) is 0 Å². The van der Waals surface area contributed by atoms with Gasteiger partial charge in [-0.3, -0.25) is 0 Å². The third-order valence-corrected chi connectivity index (χ3v) is 3.09. The van der Waals surface area contributed by atoms with Crippen molar-refractivity contribution in [1.82, 2.24) is 5.32 Å². The average molecular weight is 248 g/mol. The molecule has 0 aromatic heterocycles. The molecule has 0 spiro atoms. The van der Waals surface area contributed by atoms with E-state index in [1.807, 2.05) is 38.1 Å². The van der Waals surface area contributed by atoms with Crippen molar-refractivity contribution >= 4 is 12.4 Å². The predicted octanol–water partition coefficient (Wildman–Crippen LogP) is 3.26. The van der Waals surface area contributed by atoms with Crippen LogP contribution in [-0.4, -0.2) is 12.5 Å². The Bertz CT molecular complexity index is 381. The highest BCUT2D eigenvalue weighted by atomic mass is 35.5. The van der Waals surface area contributed by atoms with E-state index in [1.165, 1.54) is 0 Å². The van der Waals surface area contributed by atoms with Crippen LogP contribution in [-0.2, 0) is 5.54 Å². The monoisotopic (exact) mass is 247 g/mol. The highest BCUT2D eigenvalue weighted by molar-refractivity contribution is 5.85. The number of nitrogens with one attached hydrogen (secondary N) is 1. The molecule has 1 aromatic carbocycles. The first-order valence-corrected chi connectivity index (χ1v) is 5.12. The van der Waals surface area contributed by atoms with Crippen LogP contribution in [0.15, 0.2) is 24.3 Å². The van der Waals surface area contributed by atoms with Gasteiger partial charge in [0, 0.05) is 12.0 Å². The van der Waals surface area contributed by atoms with Crippen molar-refractivity contribution in [1.29, 1.82) is 0 Å². The lowest BCUT2D eigenvalue weighted by molar-refractivity contribution is 0.0164. The van der Waals surface area contributed by atoms with E-state index >= 15 is 0 Å². The van der Waals surface area contributed by atoms with Crippen LogP contribution in [0, 0.1) is 6.92 Å². The Morgan fingerprint density at radius 3 is 2.38 bits per heavy atom. The van der Waals surface area contributed by atoms with Crippen molar-refractivity contribution in [3.05, 3.63) is 35.4 Å². The van der Waals surface area contributed by atoms with Crippen molar-refractivity contribution in [2.75, 3.05) is 6.54 Å². The molecular formula is C12H16ClF2N. The minimum Gasteiger partial charge on any atom is -0.302 e. The topological polar surface area (TPSA) is 12.0 Å². The molecule has 4 heteroatoms. The molecule has 1 saturated heterocycles. The van der Waals surface area contributed by atoms with Gasteiger partial charge in [0.15, 0.2) is 0 Å². The largest absolute Gasteiger partial charge is 0.302 e. The molecule has 0 aliphatic carbocycles. The van der Waals surface area contributed by atoms with Crippen LogP contribution in [0.5, 0.6) is 0 Å². The highest BCUT2D eigenvalue weighted by Gasteiger charge is 2.47. The van der Waals surface area contributed by atoms with Crippen LogP contribution in [0.2, 0.25) is 0 Å². The van der Waals surface area contributed by atoms with E-state index in [1.54, 1.807) is 0 Å². The molecule has 1 N–H and O–H groups in total. The van der Waals surface area contributed by atoms with Crippen molar-refractivity contribution in [2.45, 2.75) is 31.7 Å². The lowest BCUT2D eigenvalue weighted by atomic mass is 9.87. The molecule has 2 rings (SSSR count). The maximum absolute atomic E-state index is 13.2. The van der Waals surface area contributed by atoms with E-state index in [4.69, 9.17) is 0 Å². The van der Waals surface area contributed by atoms with Crippen LogP contribution in [0.25, 0.3) is 0 Å². The first-order valence-electron chi connectivity index (χ1n) is 5.12. The fourth-order valence-electron chi connectivity index (χ4n) is 2.35. The van der Waals surface area contributed by atoms with Gasteiger partial charge in [-0.15, -0.1) is 12.4 Å². The summed E-state index contributed by atoms with van der Waals surface area (Å²) in [6.45, 7) is 3.58. The van der Waals surface area contributed by atoms with Gasteiger partial charge in [0.25, 0.3) is 5.92 Å². The third-order valence-electron chi connectivity index (χ3n) is 3.09. The fourth-order valence-corrected chi connectivity index (χ4v) is 2.35. The van der Waals surface area contributed by atoms with Gasteiger partial charge in [0.05, 0.1) is 6.54 Å². The molecule has 1 atom stereocenters. The standard InChI is InChI=1S/C12H15F2N.ClH/c1-9-5-3-4-6-10(9)11(2)7-12(13,14)8-15-11;/h3-6,15H,7-8H2,1-2H3;1H. The van der Waals surface area contributed by atoms with E-state index < -0.39 is 11.5 Å². The van der Waals surface area contributed by atoms with Crippen LogP contribution in [0.3, 0.4) is 0 Å². The van der Waals surface area contributed by atoms with Crippen LogP contribution < -0.4 is 5.32 Å². The summed E-state index contributed by atoms with van der Waals surface area (Å²) in [5.41, 5.74) is 1.45. The number of aryl methyl sites for hydroxylation is 1. The first-order chi connectivity index (χ1) is 6.93. The van der Waals surface area contributed by atoms with Gasteiger partial charge in [-0.25, -0.2) is 8.78 Å². The molecule has 1 aromatic rings. The van der Waals surface area contributed by atoms with Gasteiger partial charge in [-0.05, 0) is 25.0 Å². The Morgan fingerprint density at radius 2 is 1.88 bits per heavy atom. The fraction of sp³-hybridized carbons (Fsp3) is 0.500. The molecule has 1 unspecified atom stereocenters. The van der Waals surface area contributed by atoms with E-state index in [0.717, 1.165) is 11.1 Å². The van der Waals surface area contributed by atoms with Gasteiger partial charge in [0.2, 0.25) is 0 Å². The van der Waals surface area contributed by atoms with Gasteiger partial charge >= 0.3 is 0 Å². The Balaban J connectivity index is 0.00000128. The minimum absolute atomic E-state index is 0. The van der Waals surface area contributed by atoms with Gasteiger partial charge in [-0.1, -0.05) is 24.3 Å². The number of hydrogen-bond donors (Lipinski definition) is 1. The van der Waals surface area contributed by atoms with Crippen molar-refractivity contribution in [3.63, 3.8) is 0 Å². The molecule has 90 valence electrons. The van der Waals surface area contributed by atoms with Gasteiger partial charge in [-0.2, -0.15) is 0 Å². The number of hydrogen-bond acceptors (Lipinski definition) is 1. The molecule has 16 heavy (non-hydrogen) atoms. The summed E-state index contributed by atoms with van der Waals surface area (Å²) in [4.78, 5) is 0. The summed E-state index contributed by atoms with van der Waals surface area (Å²) < 4.78 is 26.4. The molecule has 0 bridgehead atoms. The molecule has 1 aliphatic rings. The van der Waals surface area contributed by atoms with Crippen LogP contribution >= 0.6 is 12.4 Å². The first kappa shape index (κ1) is 13.4. The smallest absolute Gasteiger partial charge is 0.262 e. The van der Waals surface area contributed by atoms with E-state index in [2.05, 4.69) is 5.32 Å².